The summed E-state index contributed by atoms with van der Waals surface area (Å²) < 4.78 is 0. The number of hydrogen-bond acceptors (Lipinski definition) is 3. The maximum Gasteiger partial charge on any atom is 0.253 e. The summed E-state index contributed by atoms with van der Waals surface area (Å²) in [7, 11) is 0. The van der Waals surface area contributed by atoms with Gasteiger partial charge in [0.05, 0.1) is 32.9 Å². The SMILES string of the molecule is O=C(NC1CC1)c1ccccc1NC(=O)[C@@H]1CC(=O)N(c2cccc(Cl)c2Cl)C1. The van der Waals surface area contributed by atoms with Crippen LogP contribution in [0.4, 0.5) is 11.4 Å². The van der Waals surface area contributed by atoms with Crippen molar-refractivity contribution in [1.29, 1.82) is 0 Å². The topological polar surface area (TPSA) is 78.5 Å². The van der Waals surface area contributed by atoms with Crippen LogP contribution in [0.3, 0.4) is 0 Å². The molecule has 0 aromatic heterocycles. The van der Waals surface area contributed by atoms with Crippen LogP contribution < -0.4 is 15.5 Å². The highest BCUT2D eigenvalue weighted by Crippen LogP contribution is 2.36. The summed E-state index contributed by atoms with van der Waals surface area (Å²) in [5.74, 6) is -1.28. The van der Waals surface area contributed by atoms with Gasteiger partial charge in [-0.25, -0.2) is 0 Å². The van der Waals surface area contributed by atoms with Gasteiger partial charge in [-0.3, -0.25) is 14.4 Å². The number of rotatable bonds is 5. The molecular weight excluding hydrogens is 413 g/mol. The lowest BCUT2D eigenvalue weighted by Crippen LogP contribution is -2.30. The molecule has 1 aliphatic heterocycles. The number of hydrogen-bond donors (Lipinski definition) is 2. The van der Waals surface area contributed by atoms with Crippen LogP contribution in [0.15, 0.2) is 42.5 Å². The molecule has 2 aromatic carbocycles. The molecule has 2 fully saturated rings. The molecule has 0 spiro atoms. The fraction of sp³-hybridized carbons (Fsp3) is 0.286. The summed E-state index contributed by atoms with van der Waals surface area (Å²) in [4.78, 5) is 39.2. The van der Waals surface area contributed by atoms with Crippen LogP contribution in [0, 0.1) is 5.92 Å². The molecule has 1 aliphatic carbocycles. The first kappa shape index (κ1) is 19.7. The van der Waals surface area contributed by atoms with Crippen molar-refractivity contribution in [3.8, 4) is 0 Å². The van der Waals surface area contributed by atoms with E-state index in [-0.39, 0.29) is 41.8 Å². The highest BCUT2D eigenvalue weighted by Gasteiger charge is 2.36. The van der Waals surface area contributed by atoms with Crippen molar-refractivity contribution in [1.82, 2.24) is 5.32 Å². The second-order valence-electron chi connectivity index (χ2n) is 7.26. The Hall–Kier alpha value is -2.57. The van der Waals surface area contributed by atoms with Crippen molar-refractivity contribution in [3.63, 3.8) is 0 Å². The van der Waals surface area contributed by atoms with Gasteiger partial charge in [0.2, 0.25) is 11.8 Å². The fourth-order valence-electron chi connectivity index (χ4n) is 3.33. The third-order valence-corrected chi connectivity index (χ3v) is 5.87. The Labute approximate surface area is 178 Å². The van der Waals surface area contributed by atoms with E-state index >= 15 is 0 Å². The first-order chi connectivity index (χ1) is 13.9. The summed E-state index contributed by atoms with van der Waals surface area (Å²) in [6.07, 6.45) is 2.02. The Morgan fingerprint density at radius 2 is 1.79 bits per heavy atom. The van der Waals surface area contributed by atoms with Gasteiger partial charge in [-0.1, -0.05) is 41.4 Å². The average Bonchev–Trinajstić information content (AvgIpc) is 3.43. The molecule has 1 saturated heterocycles. The number of benzene rings is 2. The van der Waals surface area contributed by atoms with Gasteiger partial charge >= 0.3 is 0 Å². The molecule has 2 aromatic rings. The van der Waals surface area contributed by atoms with E-state index in [0.717, 1.165) is 12.8 Å². The molecule has 2 aliphatic rings. The van der Waals surface area contributed by atoms with E-state index in [1.165, 1.54) is 4.90 Å². The van der Waals surface area contributed by atoms with Gasteiger partial charge in [0.1, 0.15) is 0 Å². The predicted molar refractivity (Wildman–Crippen MR) is 112 cm³/mol. The van der Waals surface area contributed by atoms with E-state index in [1.54, 1.807) is 42.5 Å². The normalized spacial score (nSPS) is 18.6. The first-order valence-corrected chi connectivity index (χ1v) is 10.1. The average molecular weight is 432 g/mol. The van der Waals surface area contributed by atoms with E-state index in [9.17, 15) is 14.4 Å². The molecule has 3 amide bonds. The molecule has 0 unspecified atom stereocenters. The van der Waals surface area contributed by atoms with Gasteiger partial charge in [0, 0.05) is 19.0 Å². The molecule has 150 valence electrons. The van der Waals surface area contributed by atoms with Crippen LogP contribution in [0.2, 0.25) is 10.0 Å². The summed E-state index contributed by atoms with van der Waals surface area (Å²) in [5.41, 5.74) is 1.33. The molecule has 0 bridgehead atoms. The van der Waals surface area contributed by atoms with Crippen LogP contribution in [0.5, 0.6) is 0 Å². The minimum atomic E-state index is -0.558. The second kappa shape index (κ2) is 8.05. The Morgan fingerprint density at radius 3 is 2.55 bits per heavy atom. The lowest BCUT2D eigenvalue weighted by atomic mass is 10.1. The molecule has 0 radical (unpaired) electrons. The Kier molecular flexibility index (Phi) is 5.48. The quantitative estimate of drug-likeness (QED) is 0.753. The standard InChI is InChI=1S/C21H19Cl2N3O3/c22-15-5-3-7-17(19(15)23)26-11-12(10-18(26)27)20(28)25-16-6-2-1-4-14(16)21(29)24-13-8-9-13/h1-7,12-13H,8-11H2,(H,24,29)(H,25,28)/t12-/m1/s1. The summed E-state index contributed by atoms with van der Waals surface area (Å²) in [6, 6.07) is 12.1. The predicted octanol–water partition coefficient (Wildman–Crippen LogP) is 3.88. The molecule has 4 rings (SSSR count). The van der Waals surface area contributed by atoms with E-state index < -0.39 is 5.92 Å². The number of carbonyl (C=O) groups is 3. The number of nitrogens with zero attached hydrogens (tertiary/aromatic N) is 1. The highest BCUT2D eigenvalue weighted by atomic mass is 35.5. The fourth-order valence-corrected chi connectivity index (χ4v) is 3.73. The van der Waals surface area contributed by atoms with Gasteiger partial charge < -0.3 is 15.5 Å². The number of nitrogens with one attached hydrogen (secondary N) is 2. The maximum absolute atomic E-state index is 12.8. The van der Waals surface area contributed by atoms with Crippen molar-refractivity contribution in [2.75, 3.05) is 16.8 Å². The molecular formula is C21H19Cl2N3O3. The van der Waals surface area contributed by atoms with Crippen LogP contribution in [0.25, 0.3) is 0 Å². The molecule has 1 atom stereocenters. The third-order valence-electron chi connectivity index (χ3n) is 5.06. The molecule has 8 heteroatoms. The van der Waals surface area contributed by atoms with Crippen molar-refractivity contribution in [3.05, 3.63) is 58.1 Å². The van der Waals surface area contributed by atoms with Gasteiger partial charge in [0.15, 0.2) is 0 Å². The molecule has 1 heterocycles. The molecule has 1 saturated carbocycles. The molecule has 6 nitrogen and oxygen atoms in total. The summed E-state index contributed by atoms with van der Waals surface area (Å²) in [6.45, 7) is 0.196. The van der Waals surface area contributed by atoms with Crippen LogP contribution in [-0.2, 0) is 9.59 Å². The Morgan fingerprint density at radius 1 is 1.03 bits per heavy atom. The van der Waals surface area contributed by atoms with Gasteiger partial charge in [-0.05, 0) is 37.1 Å². The van der Waals surface area contributed by atoms with Gasteiger partial charge in [-0.15, -0.1) is 0 Å². The zero-order valence-electron chi connectivity index (χ0n) is 15.5. The Balaban J connectivity index is 1.48. The second-order valence-corrected chi connectivity index (χ2v) is 8.05. The lowest BCUT2D eigenvalue weighted by molar-refractivity contribution is -0.122. The molecule has 29 heavy (non-hydrogen) atoms. The number of carbonyl (C=O) groups excluding carboxylic acids is 3. The number of anilines is 2. The lowest BCUT2D eigenvalue weighted by Gasteiger charge is -2.19. The minimum Gasteiger partial charge on any atom is -0.349 e. The zero-order valence-corrected chi connectivity index (χ0v) is 17.0. The summed E-state index contributed by atoms with van der Waals surface area (Å²) >= 11 is 12.3. The summed E-state index contributed by atoms with van der Waals surface area (Å²) in [5, 5.41) is 6.36. The molecule has 2 N–H and O–H groups in total. The monoisotopic (exact) mass is 431 g/mol. The van der Waals surface area contributed by atoms with Crippen LogP contribution in [-0.4, -0.2) is 30.3 Å². The van der Waals surface area contributed by atoms with E-state index in [1.807, 2.05) is 0 Å². The van der Waals surface area contributed by atoms with Crippen molar-refractivity contribution < 1.29 is 14.4 Å². The van der Waals surface area contributed by atoms with Gasteiger partial charge in [-0.2, -0.15) is 0 Å². The first-order valence-electron chi connectivity index (χ1n) is 9.39. The van der Waals surface area contributed by atoms with Crippen LogP contribution in [0.1, 0.15) is 29.6 Å². The number of para-hydroxylation sites is 1. The smallest absolute Gasteiger partial charge is 0.253 e. The van der Waals surface area contributed by atoms with Gasteiger partial charge in [0.25, 0.3) is 5.91 Å². The third kappa shape index (κ3) is 4.23. The van der Waals surface area contributed by atoms with E-state index in [0.29, 0.717) is 22.0 Å². The minimum absolute atomic E-state index is 0.0606. The highest BCUT2D eigenvalue weighted by molar-refractivity contribution is 6.44. The van der Waals surface area contributed by atoms with Crippen molar-refractivity contribution >= 4 is 52.3 Å². The van der Waals surface area contributed by atoms with Crippen molar-refractivity contribution in [2.45, 2.75) is 25.3 Å². The zero-order chi connectivity index (χ0) is 20.5. The Bertz CT molecular complexity index is 991. The largest absolute Gasteiger partial charge is 0.349 e. The number of amides is 3. The number of halogens is 2. The van der Waals surface area contributed by atoms with Crippen molar-refractivity contribution in [2.24, 2.45) is 5.92 Å². The maximum atomic E-state index is 12.8. The van der Waals surface area contributed by atoms with Crippen LogP contribution >= 0.6 is 23.2 Å². The van der Waals surface area contributed by atoms with E-state index in [2.05, 4.69) is 10.6 Å². The van der Waals surface area contributed by atoms with E-state index in [4.69, 9.17) is 23.2 Å².